The van der Waals surface area contributed by atoms with Crippen LogP contribution in [0.2, 0.25) is 0 Å². The van der Waals surface area contributed by atoms with Crippen molar-refractivity contribution < 1.29 is 0 Å². The minimum atomic E-state index is 0.320. The fourth-order valence-electron chi connectivity index (χ4n) is 4.07. The highest BCUT2D eigenvalue weighted by atomic mass is 15.3. The number of hydrogen-bond acceptors (Lipinski definition) is 6. The van der Waals surface area contributed by atoms with Crippen LogP contribution >= 0.6 is 0 Å². The number of benzene rings is 1. The summed E-state index contributed by atoms with van der Waals surface area (Å²) >= 11 is 0. The first-order valence-corrected chi connectivity index (χ1v) is 9.55. The van der Waals surface area contributed by atoms with Crippen molar-refractivity contribution >= 4 is 11.6 Å². The monoisotopic (exact) mass is 352 g/mol. The van der Waals surface area contributed by atoms with Crippen LogP contribution in [0.4, 0.5) is 11.6 Å². The topological polar surface area (TPSA) is 61.5 Å². The van der Waals surface area contributed by atoms with Crippen molar-refractivity contribution in [2.75, 3.05) is 56.9 Å². The molecule has 6 heteroatoms. The Bertz CT molecular complexity index is 733. The van der Waals surface area contributed by atoms with E-state index in [2.05, 4.69) is 56.0 Å². The summed E-state index contributed by atoms with van der Waals surface area (Å²) in [5, 5.41) is 0. The predicted molar refractivity (Wildman–Crippen MR) is 106 cm³/mol. The average molecular weight is 352 g/mol. The third kappa shape index (κ3) is 3.81. The van der Waals surface area contributed by atoms with Crippen LogP contribution in [0.5, 0.6) is 0 Å². The molecule has 0 atom stereocenters. The Kier molecular flexibility index (Phi) is 5.04. The van der Waals surface area contributed by atoms with Crippen LogP contribution < -0.4 is 10.6 Å². The van der Waals surface area contributed by atoms with Gasteiger partial charge in [0.2, 0.25) is 5.95 Å². The van der Waals surface area contributed by atoms with E-state index in [1.54, 1.807) is 6.20 Å². The summed E-state index contributed by atoms with van der Waals surface area (Å²) in [5.74, 6) is 0.320. The van der Waals surface area contributed by atoms with Crippen LogP contribution in [-0.2, 0) is 0 Å². The molecule has 2 N–H and O–H groups in total. The van der Waals surface area contributed by atoms with Crippen molar-refractivity contribution in [2.24, 2.45) is 0 Å². The van der Waals surface area contributed by atoms with E-state index >= 15 is 0 Å². The van der Waals surface area contributed by atoms with Gasteiger partial charge in [0.15, 0.2) is 0 Å². The van der Waals surface area contributed by atoms with Crippen molar-refractivity contribution in [3.05, 3.63) is 36.5 Å². The quantitative estimate of drug-likeness (QED) is 0.911. The summed E-state index contributed by atoms with van der Waals surface area (Å²) in [6.07, 6.45) is 4.20. The normalized spacial score (nSPS) is 20.4. The molecule has 26 heavy (non-hydrogen) atoms. The lowest BCUT2D eigenvalue weighted by Gasteiger charge is -2.42. The molecule has 2 aromatic rings. The molecule has 0 bridgehead atoms. The number of likely N-dealkylation sites (N-methyl/N-ethyl adjacent to an activating group) is 1. The maximum Gasteiger partial charge on any atom is 0.220 e. The second kappa shape index (κ2) is 7.60. The predicted octanol–water partition coefficient (Wildman–Crippen LogP) is 1.94. The lowest BCUT2D eigenvalue weighted by Crippen LogP contribution is -2.52. The standard InChI is InChI=1S/C20H28N6/c1-24-11-13-26(14-12-24)17-6-9-25(10-7-17)18-4-2-3-16(15-18)19-5-8-22-20(21)23-19/h2-5,8,15,17H,6-7,9-14H2,1H3,(H2,21,22,23). The first-order valence-electron chi connectivity index (χ1n) is 9.55. The zero-order valence-corrected chi connectivity index (χ0v) is 15.5. The molecule has 138 valence electrons. The second-order valence-electron chi connectivity index (χ2n) is 7.41. The van der Waals surface area contributed by atoms with Gasteiger partial charge in [-0.15, -0.1) is 0 Å². The molecule has 2 aliphatic heterocycles. The number of rotatable bonds is 3. The first kappa shape index (κ1) is 17.2. The molecule has 0 amide bonds. The van der Waals surface area contributed by atoms with Crippen LogP contribution in [0.1, 0.15) is 12.8 Å². The molecule has 0 unspecified atom stereocenters. The SMILES string of the molecule is CN1CCN(C2CCN(c3cccc(-c4ccnc(N)n4)c3)CC2)CC1. The van der Waals surface area contributed by atoms with Crippen LogP contribution in [0, 0.1) is 0 Å². The van der Waals surface area contributed by atoms with Crippen molar-refractivity contribution in [1.82, 2.24) is 19.8 Å². The van der Waals surface area contributed by atoms with Gasteiger partial charge in [-0.3, -0.25) is 4.90 Å². The van der Waals surface area contributed by atoms with Crippen LogP contribution in [0.15, 0.2) is 36.5 Å². The van der Waals surface area contributed by atoms with E-state index in [1.165, 1.54) is 44.7 Å². The van der Waals surface area contributed by atoms with E-state index in [0.717, 1.165) is 30.4 Å². The van der Waals surface area contributed by atoms with E-state index in [9.17, 15) is 0 Å². The molecule has 6 nitrogen and oxygen atoms in total. The summed E-state index contributed by atoms with van der Waals surface area (Å²) in [6.45, 7) is 7.06. The van der Waals surface area contributed by atoms with Gasteiger partial charge in [0.25, 0.3) is 0 Å². The number of anilines is 2. The zero-order valence-electron chi connectivity index (χ0n) is 15.5. The smallest absolute Gasteiger partial charge is 0.220 e. The number of nitrogens with two attached hydrogens (primary N) is 1. The van der Waals surface area contributed by atoms with Gasteiger partial charge < -0.3 is 15.5 Å². The lowest BCUT2D eigenvalue weighted by molar-refractivity contribution is 0.0982. The van der Waals surface area contributed by atoms with Gasteiger partial charge in [-0.25, -0.2) is 9.97 Å². The molecule has 0 aliphatic carbocycles. The molecule has 1 aromatic carbocycles. The summed E-state index contributed by atoms with van der Waals surface area (Å²) in [5.41, 5.74) is 8.98. The van der Waals surface area contributed by atoms with E-state index in [4.69, 9.17) is 5.73 Å². The minimum absolute atomic E-state index is 0.320. The molecular weight excluding hydrogens is 324 g/mol. The minimum Gasteiger partial charge on any atom is -0.371 e. The average Bonchev–Trinajstić information content (AvgIpc) is 2.69. The van der Waals surface area contributed by atoms with Gasteiger partial charge in [0, 0.05) is 62.8 Å². The van der Waals surface area contributed by atoms with Crippen LogP contribution in [0.3, 0.4) is 0 Å². The second-order valence-corrected chi connectivity index (χ2v) is 7.41. The first-order chi connectivity index (χ1) is 12.7. The van der Waals surface area contributed by atoms with Gasteiger partial charge in [0.1, 0.15) is 0 Å². The molecule has 0 spiro atoms. The van der Waals surface area contributed by atoms with Gasteiger partial charge >= 0.3 is 0 Å². The molecule has 1 aromatic heterocycles. The number of piperazine rings is 1. The van der Waals surface area contributed by atoms with Gasteiger partial charge in [-0.05, 0) is 38.1 Å². The number of hydrogen-bond donors (Lipinski definition) is 1. The van der Waals surface area contributed by atoms with Gasteiger partial charge in [-0.1, -0.05) is 12.1 Å². The fraction of sp³-hybridized carbons (Fsp3) is 0.500. The molecular formula is C20H28N6. The highest BCUT2D eigenvalue weighted by Crippen LogP contribution is 2.27. The van der Waals surface area contributed by atoms with E-state index in [-0.39, 0.29) is 0 Å². The van der Waals surface area contributed by atoms with Crippen molar-refractivity contribution in [3.8, 4) is 11.3 Å². The summed E-state index contributed by atoms with van der Waals surface area (Å²) in [6, 6.07) is 11.3. The van der Waals surface area contributed by atoms with Crippen molar-refractivity contribution in [3.63, 3.8) is 0 Å². The Hall–Kier alpha value is -2.18. The Morgan fingerprint density at radius 1 is 1.00 bits per heavy atom. The number of aromatic nitrogens is 2. The Morgan fingerprint density at radius 3 is 2.50 bits per heavy atom. The molecule has 2 aliphatic rings. The van der Waals surface area contributed by atoms with Gasteiger partial charge in [0.05, 0.1) is 5.69 Å². The highest BCUT2D eigenvalue weighted by Gasteiger charge is 2.26. The molecule has 0 saturated carbocycles. The maximum absolute atomic E-state index is 5.73. The number of nitrogens with zero attached hydrogens (tertiary/aromatic N) is 5. The molecule has 4 rings (SSSR count). The number of piperidine rings is 1. The zero-order chi connectivity index (χ0) is 17.9. The van der Waals surface area contributed by atoms with Crippen LogP contribution in [0.25, 0.3) is 11.3 Å². The van der Waals surface area contributed by atoms with E-state index in [1.807, 2.05) is 6.07 Å². The maximum atomic E-state index is 5.73. The molecule has 2 saturated heterocycles. The summed E-state index contributed by atoms with van der Waals surface area (Å²) in [4.78, 5) is 16.0. The largest absolute Gasteiger partial charge is 0.371 e. The Labute approximate surface area is 155 Å². The highest BCUT2D eigenvalue weighted by molar-refractivity contribution is 5.66. The molecule has 3 heterocycles. The van der Waals surface area contributed by atoms with Crippen LogP contribution in [-0.4, -0.2) is 72.1 Å². The third-order valence-corrected chi connectivity index (χ3v) is 5.70. The molecule has 0 radical (unpaired) electrons. The molecule has 2 fully saturated rings. The summed E-state index contributed by atoms with van der Waals surface area (Å²) < 4.78 is 0. The number of nitrogen functional groups attached to an aromatic ring is 1. The lowest BCUT2D eigenvalue weighted by atomic mass is 10.0. The summed E-state index contributed by atoms with van der Waals surface area (Å²) in [7, 11) is 2.22. The Balaban J connectivity index is 1.41. The van der Waals surface area contributed by atoms with E-state index in [0.29, 0.717) is 5.95 Å². The Morgan fingerprint density at radius 2 is 1.77 bits per heavy atom. The van der Waals surface area contributed by atoms with E-state index < -0.39 is 0 Å². The van der Waals surface area contributed by atoms with Crippen molar-refractivity contribution in [2.45, 2.75) is 18.9 Å². The van der Waals surface area contributed by atoms with Gasteiger partial charge in [-0.2, -0.15) is 0 Å². The fourth-order valence-corrected chi connectivity index (χ4v) is 4.07. The van der Waals surface area contributed by atoms with Crippen molar-refractivity contribution in [1.29, 1.82) is 0 Å². The third-order valence-electron chi connectivity index (χ3n) is 5.70.